The van der Waals surface area contributed by atoms with Crippen LogP contribution in [0.25, 0.3) is 28.6 Å². The van der Waals surface area contributed by atoms with Gasteiger partial charge in [0, 0.05) is 11.6 Å². The first-order valence-electron chi connectivity index (χ1n) is 10.3. The van der Waals surface area contributed by atoms with E-state index in [9.17, 15) is 4.79 Å². The number of rotatable bonds is 6. The predicted octanol–water partition coefficient (Wildman–Crippen LogP) is 7.31. The van der Waals surface area contributed by atoms with Gasteiger partial charge in [-0.15, -0.1) is 0 Å². The molecule has 0 spiro atoms. The van der Waals surface area contributed by atoms with Crippen LogP contribution in [0.2, 0.25) is 5.02 Å². The number of benzene rings is 3. The molecule has 4 nitrogen and oxygen atoms in total. The van der Waals surface area contributed by atoms with Crippen molar-refractivity contribution in [3.05, 3.63) is 89.0 Å². The fraction of sp³-hybridized carbons (Fsp3) is 0.154. The van der Waals surface area contributed by atoms with Crippen molar-refractivity contribution in [1.82, 2.24) is 4.98 Å². The Hall–Kier alpha value is -3.37. The highest BCUT2D eigenvalue weighted by Crippen LogP contribution is 2.31. The summed E-state index contributed by atoms with van der Waals surface area (Å²) in [7, 11) is 0. The first-order valence-corrected chi connectivity index (χ1v) is 10.7. The Morgan fingerprint density at radius 2 is 1.94 bits per heavy atom. The molecule has 0 aliphatic carbocycles. The Bertz CT molecular complexity index is 1240. The molecule has 31 heavy (non-hydrogen) atoms. The van der Waals surface area contributed by atoms with E-state index in [2.05, 4.69) is 36.3 Å². The van der Waals surface area contributed by atoms with Crippen molar-refractivity contribution >= 4 is 40.4 Å². The Morgan fingerprint density at radius 3 is 2.71 bits per heavy atom. The molecule has 1 N–H and O–H groups in total. The fourth-order valence-corrected chi connectivity index (χ4v) is 3.44. The SMILES string of the molecule is CCC(C)c1ccc2oc(-c3ccc(Cl)c(NC(=O)/C=C/c4ccccc4)c3)nc2c1. The van der Waals surface area contributed by atoms with E-state index in [0.717, 1.165) is 28.6 Å². The van der Waals surface area contributed by atoms with Crippen molar-refractivity contribution in [1.29, 1.82) is 0 Å². The second-order valence-electron chi connectivity index (χ2n) is 7.48. The zero-order chi connectivity index (χ0) is 21.8. The summed E-state index contributed by atoms with van der Waals surface area (Å²) >= 11 is 6.31. The highest BCUT2D eigenvalue weighted by atomic mass is 35.5. The molecule has 1 aromatic heterocycles. The molecule has 5 heteroatoms. The largest absolute Gasteiger partial charge is 0.436 e. The minimum Gasteiger partial charge on any atom is -0.436 e. The zero-order valence-corrected chi connectivity index (χ0v) is 18.2. The van der Waals surface area contributed by atoms with Crippen LogP contribution in [0, 0.1) is 0 Å². The number of carbonyl (C=O) groups is 1. The lowest BCUT2D eigenvalue weighted by atomic mass is 9.98. The number of fused-ring (bicyclic) bond motifs is 1. The molecule has 0 bridgehead atoms. The normalized spacial score (nSPS) is 12.4. The molecular formula is C26H23ClN2O2. The summed E-state index contributed by atoms with van der Waals surface area (Å²) in [5, 5.41) is 3.27. The van der Waals surface area contributed by atoms with Crippen LogP contribution in [0.1, 0.15) is 37.3 Å². The average molecular weight is 431 g/mol. The summed E-state index contributed by atoms with van der Waals surface area (Å²) in [6.45, 7) is 4.37. The number of nitrogens with one attached hydrogen (secondary N) is 1. The van der Waals surface area contributed by atoms with Gasteiger partial charge in [-0.2, -0.15) is 0 Å². The third-order valence-electron chi connectivity index (χ3n) is 5.29. The number of anilines is 1. The van der Waals surface area contributed by atoms with Gasteiger partial charge < -0.3 is 9.73 Å². The van der Waals surface area contributed by atoms with Crippen molar-refractivity contribution < 1.29 is 9.21 Å². The van der Waals surface area contributed by atoms with E-state index < -0.39 is 0 Å². The zero-order valence-electron chi connectivity index (χ0n) is 17.4. The van der Waals surface area contributed by atoms with Gasteiger partial charge in [0.05, 0.1) is 10.7 Å². The molecule has 1 amide bonds. The topological polar surface area (TPSA) is 55.1 Å². The minimum atomic E-state index is -0.265. The van der Waals surface area contributed by atoms with Crippen LogP contribution < -0.4 is 5.32 Å². The van der Waals surface area contributed by atoms with Gasteiger partial charge in [-0.25, -0.2) is 4.98 Å². The summed E-state index contributed by atoms with van der Waals surface area (Å²) in [6, 6.07) is 21.1. The Balaban J connectivity index is 1.57. The molecule has 0 saturated carbocycles. The minimum absolute atomic E-state index is 0.265. The lowest BCUT2D eigenvalue weighted by Crippen LogP contribution is -2.08. The third kappa shape index (κ3) is 4.86. The maximum Gasteiger partial charge on any atom is 0.248 e. The number of hydrogen-bond donors (Lipinski definition) is 1. The lowest BCUT2D eigenvalue weighted by Gasteiger charge is -2.07. The van der Waals surface area contributed by atoms with E-state index in [1.807, 2.05) is 42.5 Å². The maximum absolute atomic E-state index is 12.4. The van der Waals surface area contributed by atoms with E-state index in [1.165, 1.54) is 11.6 Å². The van der Waals surface area contributed by atoms with Gasteiger partial charge in [0.1, 0.15) is 5.52 Å². The van der Waals surface area contributed by atoms with Gasteiger partial charge in [0.2, 0.25) is 11.8 Å². The molecule has 0 saturated heterocycles. The number of amides is 1. The van der Waals surface area contributed by atoms with E-state index >= 15 is 0 Å². The number of aromatic nitrogens is 1. The summed E-state index contributed by atoms with van der Waals surface area (Å²) in [4.78, 5) is 17.0. The molecule has 0 fully saturated rings. The molecule has 3 aromatic carbocycles. The van der Waals surface area contributed by atoms with Crippen molar-refractivity contribution in [2.75, 3.05) is 5.32 Å². The Morgan fingerprint density at radius 1 is 1.13 bits per heavy atom. The molecule has 0 aliphatic heterocycles. The number of halogens is 1. The van der Waals surface area contributed by atoms with E-state index in [-0.39, 0.29) is 5.91 Å². The molecule has 1 atom stereocenters. The summed E-state index contributed by atoms with van der Waals surface area (Å²) < 4.78 is 5.95. The molecule has 0 aliphatic rings. The summed E-state index contributed by atoms with van der Waals surface area (Å²) in [5.41, 5.74) is 4.98. The standard InChI is InChI=1S/C26H23ClN2O2/c1-3-17(2)19-11-13-24-23(15-19)29-26(31-24)20-10-12-21(27)22(16-20)28-25(30)14-9-18-7-5-4-6-8-18/h4-17H,3H2,1-2H3,(H,28,30)/b14-9+. The van der Waals surface area contributed by atoms with Gasteiger partial charge >= 0.3 is 0 Å². The maximum atomic E-state index is 12.4. The number of nitrogens with zero attached hydrogens (tertiary/aromatic N) is 1. The molecule has 4 rings (SSSR count). The molecule has 1 unspecified atom stereocenters. The van der Waals surface area contributed by atoms with Crippen LogP contribution in [0.4, 0.5) is 5.69 Å². The van der Waals surface area contributed by atoms with Gasteiger partial charge in [0.25, 0.3) is 0 Å². The van der Waals surface area contributed by atoms with Crippen LogP contribution in [0.5, 0.6) is 0 Å². The quantitative estimate of drug-likeness (QED) is 0.326. The van der Waals surface area contributed by atoms with Crippen LogP contribution in [0.3, 0.4) is 0 Å². The van der Waals surface area contributed by atoms with Crippen molar-refractivity contribution in [2.24, 2.45) is 0 Å². The summed E-state index contributed by atoms with van der Waals surface area (Å²) in [6.07, 6.45) is 4.30. The number of carbonyl (C=O) groups excluding carboxylic acids is 1. The number of oxazole rings is 1. The van der Waals surface area contributed by atoms with Crippen LogP contribution >= 0.6 is 11.6 Å². The highest BCUT2D eigenvalue weighted by molar-refractivity contribution is 6.34. The lowest BCUT2D eigenvalue weighted by molar-refractivity contribution is -0.111. The smallest absolute Gasteiger partial charge is 0.248 e. The van der Waals surface area contributed by atoms with Gasteiger partial charge in [0.15, 0.2) is 5.58 Å². The van der Waals surface area contributed by atoms with E-state index in [0.29, 0.717) is 22.5 Å². The van der Waals surface area contributed by atoms with Crippen molar-refractivity contribution in [3.63, 3.8) is 0 Å². The first kappa shape index (κ1) is 20.9. The predicted molar refractivity (Wildman–Crippen MR) is 127 cm³/mol. The molecule has 0 radical (unpaired) electrons. The second kappa shape index (κ2) is 9.19. The molecule has 156 valence electrons. The van der Waals surface area contributed by atoms with E-state index in [1.54, 1.807) is 18.2 Å². The Kier molecular flexibility index (Phi) is 6.19. The molecule has 1 heterocycles. The van der Waals surface area contributed by atoms with Crippen LogP contribution in [-0.2, 0) is 4.79 Å². The van der Waals surface area contributed by atoms with Gasteiger partial charge in [-0.1, -0.05) is 61.8 Å². The molecular weight excluding hydrogens is 408 g/mol. The monoisotopic (exact) mass is 430 g/mol. The highest BCUT2D eigenvalue weighted by Gasteiger charge is 2.13. The van der Waals surface area contributed by atoms with E-state index in [4.69, 9.17) is 16.0 Å². The van der Waals surface area contributed by atoms with Gasteiger partial charge in [-0.3, -0.25) is 4.79 Å². The first-order chi connectivity index (χ1) is 15.0. The summed E-state index contributed by atoms with van der Waals surface area (Å²) in [5.74, 6) is 0.688. The second-order valence-corrected chi connectivity index (χ2v) is 7.89. The van der Waals surface area contributed by atoms with Crippen molar-refractivity contribution in [2.45, 2.75) is 26.2 Å². The van der Waals surface area contributed by atoms with Crippen molar-refractivity contribution in [3.8, 4) is 11.5 Å². The van der Waals surface area contributed by atoms with Crippen LogP contribution in [0.15, 0.2) is 77.2 Å². The fourth-order valence-electron chi connectivity index (χ4n) is 3.27. The van der Waals surface area contributed by atoms with Crippen LogP contribution in [-0.4, -0.2) is 10.9 Å². The Labute approximate surface area is 186 Å². The average Bonchev–Trinajstić information content (AvgIpc) is 3.22. The van der Waals surface area contributed by atoms with Gasteiger partial charge in [-0.05, 0) is 59.9 Å². The third-order valence-corrected chi connectivity index (χ3v) is 5.62. The molecule has 4 aromatic rings. The number of hydrogen-bond acceptors (Lipinski definition) is 3.